The van der Waals surface area contributed by atoms with Gasteiger partial charge >= 0.3 is 0 Å². The standard InChI is InChI=1S/C36H40BrN3O4S/c1-5-28(4)38-36(42)34(23-29-13-8-6-9-14-29)39(24-30-15-12-16-31(37)22-30)35(41)25-40(32-20-26(2)19-27(3)21-32)45(43,44)33-17-10-7-11-18-33/h6-22,28,34H,5,23-25H2,1-4H3,(H,38,42)/t28-,34+/m0/s1. The average Bonchev–Trinajstić information content (AvgIpc) is 3.01. The van der Waals surface area contributed by atoms with E-state index in [2.05, 4.69) is 21.2 Å². The SMILES string of the molecule is CC[C@H](C)NC(=O)[C@@H](Cc1ccccc1)N(Cc1cccc(Br)c1)C(=O)CN(c1cc(C)cc(C)c1)S(=O)(=O)c1ccccc1. The minimum absolute atomic E-state index is 0.0749. The zero-order chi connectivity index (χ0) is 32.6. The fourth-order valence-electron chi connectivity index (χ4n) is 5.17. The van der Waals surface area contributed by atoms with Crippen LogP contribution in [-0.4, -0.2) is 43.8 Å². The second kappa shape index (κ2) is 15.4. The van der Waals surface area contributed by atoms with E-state index in [1.165, 1.54) is 17.0 Å². The van der Waals surface area contributed by atoms with Gasteiger partial charge < -0.3 is 10.2 Å². The van der Waals surface area contributed by atoms with Gasteiger partial charge in [-0.3, -0.25) is 13.9 Å². The van der Waals surface area contributed by atoms with Gasteiger partial charge in [-0.05, 0) is 85.8 Å². The molecule has 0 aromatic heterocycles. The molecular formula is C36H40BrN3O4S. The summed E-state index contributed by atoms with van der Waals surface area (Å²) in [7, 11) is -4.15. The van der Waals surface area contributed by atoms with E-state index in [9.17, 15) is 18.0 Å². The molecule has 0 unspecified atom stereocenters. The van der Waals surface area contributed by atoms with Gasteiger partial charge in [0.05, 0.1) is 10.6 Å². The van der Waals surface area contributed by atoms with Crippen LogP contribution in [0.5, 0.6) is 0 Å². The summed E-state index contributed by atoms with van der Waals surface area (Å²) in [6.07, 6.45) is 0.983. The topological polar surface area (TPSA) is 86.8 Å². The molecule has 45 heavy (non-hydrogen) atoms. The van der Waals surface area contributed by atoms with Crippen LogP contribution < -0.4 is 9.62 Å². The molecule has 0 radical (unpaired) electrons. The van der Waals surface area contributed by atoms with Crippen LogP contribution in [0.25, 0.3) is 0 Å². The quantitative estimate of drug-likeness (QED) is 0.167. The van der Waals surface area contributed by atoms with Gasteiger partial charge in [0.1, 0.15) is 12.6 Å². The highest BCUT2D eigenvalue weighted by atomic mass is 79.9. The predicted octanol–water partition coefficient (Wildman–Crippen LogP) is 6.82. The lowest BCUT2D eigenvalue weighted by Gasteiger charge is -2.34. The third kappa shape index (κ3) is 9.05. The van der Waals surface area contributed by atoms with Crippen molar-refractivity contribution in [3.8, 4) is 0 Å². The van der Waals surface area contributed by atoms with Gasteiger partial charge in [0.2, 0.25) is 11.8 Å². The molecule has 0 fully saturated rings. The Morgan fingerprint density at radius 1 is 0.822 bits per heavy atom. The normalized spacial score (nSPS) is 12.6. The monoisotopic (exact) mass is 689 g/mol. The molecule has 9 heteroatoms. The van der Waals surface area contributed by atoms with Crippen LogP contribution in [0.4, 0.5) is 5.69 Å². The van der Waals surface area contributed by atoms with Crippen LogP contribution in [0.3, 0.4) is 0 Å². The number of amides is 2. The number of carbonyl (C=O) groups excluding carboxylic acids is 2. The Morgan fingerprint density at radius 2 is 1.42 bits per heavy atom. The van der Waals surface area contributed by atoms with E-state index in [4.69, 9.17) is 0 Å². The Bertz CT molecular complexity index is 1690. The van der Waals surface area contributed by atoms with Crippen LogP contribution in [0.15, 0.2) is 112 Å². The number of nitrogens with one attached hydrogen (secondary N) is 1. The maximum Gasteiger partial charge on any atom is 0.264 e. The minimum atomic E-state index is -4.15. The van der Waals surface area contributed by atoms with Crippen molar-refractivity contribution < 1.29 is 18.0 Å². The molecule has 0 spiro atoms. The molecule has 0 bridgehead atoms. The van der Waals surface area contributed by atoms with Gasteiger partial charge in [-0.2, -0.15) is 0 Å². The molecule has 4 aromatic rings. The highest BCUT2D eigenvalue weighted by molar-refractivity contribution is 9.10. The molecule has 236 valence electrons. The maximum atomic E-state index is 14.6. The maximum absolute atomic E-state index is 14.6. The summed E-state index contributed by atoms with van der Waals surface area (Å²) < 4.78 is 30.3. The Kier molecular flexibility index (Phi) is 11.6. The number of carbonyl (C=O) groups is 2. The minimum Gasteiger partial charge on any atom is -0.352 e. The number of anilines is 1. The molecule has 0 aliphatic carbocycles. The van der Waals surface area contributed by atoms with Crippen molar-refractivity contribution in [3.63, 3.8) is 0 Å². The summed E-state index contributed by atoms with van der Waals surface area (Å²) in [5, 5.41) is 3.06. The highest BCUT2D eigenvalue weighted by Crippen LogP contribution is 2.27. The van der Waals surface area contributed by atoms with Gasteiger partial charge in [-0.25, -0.2) is 8.42 Å². The number of hydrogen-bond acceptors (Lipinski definition) is 4. The van der Waals surface area contributed by atoms with Crippen LogP contribution >= 0.6 is 15.9 Å². The van der Waals surface area contributed by atoms with Gasteiger partial charge in [0.15, 0.2) is 0 Å². The second-order valence-electron chi connectivity index (χ2n) is 11.3. The number of rotatable bonds is 13. The predicted molar refractivity (Wildman–Crippen MR) is 183 cm³/mol. The fraction of sp³-hybridized carbons (Fsp3) is 0.278. The Labute approximate surface area is 275 Å². The zero-order valence-electron chi connectivity index (χ0n) is 26.1. The number of hydrogen-bond donors (Lipinski definition) is 1. The molecule has 0 aliphatic rings. The van der Waals surface area contributed by atoms with Gasteiger partial charge in [0, 0.05) is 23.5 Å². The summed E-state index contributed by atoms with van der Waals surface area (Å²) in [6.45, 7) is 7.30. The molecule has 0 aliphatic heterocycles. The fourth-order valence-corrected chi connectivity index (χ4v) is 7.04. The number of nitrogens with zero attached hydrogens (tertiary/aromatic N) is 2. The summed E-state index contributed by atoms with van der Waals surface area (Å²) in [4.78, 5) is 30.1. The van der Waals surface area contributed by atoms with E-state index in [1.807, 2.05) is 88.4 Å². The third-order valence-electron chi connectivity index (χ3n) is 7.62. The van der Waals surface area contributed by atoms with Crippen molar-refractivity contribution in [2.45, 2.75) is 64.1 Å². The van der Waals surface area contributed by atoms with Crippen LogP contribution in [-0.2, 0) is 32.6 Å². The van der Waals surface area contributed by atoms with E-state index in [-0.39, 0.29) is 29.8 Å². The number of aryl methyl sites for hydroxylation is 2. The first-order valence-electron chi connectivity index (χ1n) is 15.0. The molecule has 4 rings (SSSR count). The molecule has 0 heterocycles. The molecule has 4 aromatic carbocycles. The Morgan fingerprint density at radius 3 is 2.02 bits per heavy atom. The summed E-state index contributed by atoms with van der Waals surface area (Å²) in [5.74, 6) is -0.783. The van der Waals surface area contributed by atoms with E-state index >= 15 is 0 Å². The highest BCUT2D eigenvalue weighted by Gasteiger charge is 2.35. The number of sulfonamides is 1. The van der Waals surface area contributed by atoms with Crippen molar-refractivity contribution in [2.24, 2.45) is 0 Å². The molecule has 7 nitrogen and oxygen atoms in total. The second-order valence-corrected chi connectivity index (χ2v) is 14.1. The Balaban J connectivity index is 1.83. The van der Waals surface area contributed by atoms with Crippen LogP contribution in [0.1, 0.15) is 42.5 Å². The summed E-state index contributed by atoms with van der Waals surface area (Å²) >= 11 is 3.52. The molecular weight excluding hydrogens is 650 g/mol. The number of halogens is 1. The van der Waals surface area contributed by atoms with Gasteiger partial charge in [0.25, 0.3) is 10.0 Å². The lowest BCUT2D eigenvalue weighted by Crippen LogP contribution is -2.54. The van der Waals surface area contributed by atoms with Crippen molar-refractivity contribution in [1.82, 2.24) is 10.2 Å². The first-order chi connectivity index (χ1) is 21.5. The molecule has 0 saturated heterocycles. The van der Waals surface area contributed by atoms with E-state index < -0.39 is 28.5 Å². The Hall–Kier alpha value is -3.95. The first kappa shape index (κ1) is 33.9. The first-order valence-corrected chi connectivity index (χ1v) is 17.3. The van der Waals surface area contributed by atoms with E-state index in [1.54, 1.807) is 30.3 Å². The van der Waals surface area contributed by atoms with Gasteiger partial charge in [-0.1, -0.05) is 89.6 Å². The third-order valence-corrected chi connectivity index (χ3v) is 9.90. The lowest BCUT2D eigenvalue weighted by molar-refractivity contribution is -0.140. The lowest BCUT2D eigenvalue weighted by atomic mass is 10.0. The smallest absolute Gasteiger partial charge is 0.264 e. The molecule has 2 amide bonds. The summed E-state index contributed by atoms with van der Waals surface area (Å²) in [5.41, 5.74) is 3.81. The molecule has 0 saturated carbocycles. The molecule has 2 atom stereocenters. The zero-order valence-corrected chi connectivity index (χ0v) is 28.5. The van der Waals surface area contributed by atoms with Crippen molar-refractivity contribution in [2.75, 3.05) is 10.8 Å². The van der Waals surface area contributed by atoms with Crippen LogP contribution in [0, 0.1) is 13.8 Å². The number of benzene rings is 4. The van der Waals surface area contributed by atoms with Gasteiger partial charge in [-0.15, -0.1) is 0 Å². The molecule has 1 N–H and O–H groups in total. The average molecular weight is 691 g/mol. The van der Waals surface area contributed by atoms with E-state index in [0.29, 0.717) is 5.69 Å². The summed E-state index contributed by atoms with van der Waals surface area (Å²) in [6, 6.07) is 29.7. The largest absolute Gasteiger partial charge is 0.352 e. The van der Waals surface area contributed by atoms with Crippen LogP contribution in [0.2, 0.25) is 0 Å². The van der Waals surface area contributed by atoms with Crippen molar-refractivity contribution in [3.05, 3.63) is 130 Å². The van der Waals surface area contributed by atoms with E-state index in [0.717, 1.165) is 37.5 Å². The van der Waals surface area contributed by atoms with Crippen molar-refractivity contribution >= 4 is 43.5 Å². The van der Waals surface area contributed by atoms with Crippen molar-refractivity contribution in [1.29, 1.82) is 0 Å².